The van der Waals surface area contributed by atoms with Crippen molar-refractivity contribution in [3.8, 4) is 0 Å². The molecular formula is C22H23N3O. The Balaban J connectivity index is 1.63. The number of hydrogen-bond donors (Lipinski definition) is 0. The van der Waals surface area contributed by atoms with Gasteiger partial charge in [0.15, 0.2) is 6.29 Å². The average Bonchev–Trinajstić information content (AvgIpc) is 2.73. The standard InChI is InChI=1S/C22H23N3O/c1-2-17-7-6-8-18-15-19(16-26)22(23-21(17)18)25-13-11-24(12-14-25)20-9-4-3-5-10-20/h3-10,15-16H,2,11-14H2,1H3. The Kier molecular flexibility index (Phi) is 4.57. The Morgan fingerprint density at radius 1 is 0.962 bits per heavy atom. The molecule has 1 aromatic heterocycles. The molecule has 4 heteroatoms. The molecule has 132 valence electrons. The van der Waals surface area contributed by atoms with Crippen LogP contribution in [0.15, 0.2) is 54.6 Å². The van der Waals surface area contributed by atoms with Crippen molar-refractivity contribution in [3.63, 3.8) is 0 Å². The number of hydrogen-bond acceptors (Lipinski definition) is 4. The summed E-state index contributed by atoms with van der Waals surface area (Å²) < 4.78 is 0. The van der Waals surface area contributed by atoms with E-state index in [1.807, 2.05) is 24.3 Å². The van der Waals surface area contributed by atoms with Crippen molar-refractivity contribution in [1.29, 1.82) is 0 Å². The molecule has 1 saturated heterocycles. The summed E-state index contributed by atoms with van der Waals surface area (Å²) in [6.45, 7) is 5.72. The van der Waals surface area contributed by atoms with Crippen LogP contribution in [0.5, 0.6) is 0 Å². The minimum atomic E-state index is 0.680. The molecule has 0 amide bonds. The van der Waals surface area contributed by atoms with Gasteiger partial charge in [-0.05, 0) is 30.2 Å². The molecule has 0 spiro atoms. The van der Waals surface area contributed by atoms with E-state index in [9.17, 15) is 4.79 Å². The summed E-state index contributed by atoms with van der Waals surface area (Å²) in [5, 5.41) is 1.04. The molecule has 26 heavy (non-hydrogen) atoms. The minimum Gasteiger partial charge on any atom is -0.368 e. The van der Waals surface area contributed by atoms with Crippen LogP contribution in [0.2, 0.25) is 0 Å². The fraction of sp³-hybridized carbons (Fsp3) is 0.273. The summed E-state index contributed by atoms with van der Waals surface area (Å²) in [7, 11) is 0. The van der Waals surface area contributed by atoms with E-state index in [-0.39, 0.29) is 0 Å². The number of rotatable bonds is 4. The molecule has 0 aliphatic carbocycles. The highest BCUT2D eigenvalue weighted by atomic mass is 16.1. The van der Waals surface area contributed by atoms with Crippen LogP contribution in [-0.4, -0.2) is 37.4 Å². The van der Waals surface area contributed by atoms with E-state index in [0.717, 1.165) is 55.6 Å². The number of carbonyl (C=O) groups is 1. The molecule has 2 heterocycles. The number of carbonyl (C=O) groups excluding carboxylic acids is 1. The Bertz CT molecular complexity index is 915. The average molecular weight is 345 g/mol. The Hall–Kier alpha value is -2.88. The highest BCUT2D eigenvalue weighted by molar-refractivity contribution is 5.93. The summed E-state index contributed by atoms with van der Waals surface area (Å²) >= 11 is 0. The summed E-state index contributed by atoms with van der Waals surface area (Å²) in [5.74, 6) is 0.820. The van der Waals surface area contributed by atoms with E-state index in [1.54, 1.807) is 0 Å². The lowest BCUT2D eigenvalue weighted by Crippen LogP contribution is -2.47. The molecule has 2 aromatic carbocycles. The largest absolute Gasteiger partial charge is 0.368 e. The van der Waals surface area contributed by atoms with Gasteiger partial charge >= 0.3 is 0 Å². The van der Waals surface area contributed by atoms with Crippen molar-refractivity contribution >= 4 is 28.7 Å². The number of para-hydroxylation sites is 2. The van der Waals surface area contributed by atoms with Gasteiger partial charge < -0.3 is 9.80 Å². The minimum absolute atomic E-state index is 0.680. The van der Waals surface area contributed by atoms with Crippen molar-refractivity contribution in [2.24, 2.45) is 0 Å². The predicted octanol–water partition coefficient (Wildman–Crippen LogP) is 3.94. The number of piperazine rings is 1. The molecule has 4 nitrogen and oxygen atoms in total. The van der Waals surface area contributed by atoms with E-state index in [2.05, 4.69) is 47.1 Å². The van der Waals surface area contributed by atoms with Gasteiger partial charge in [0.1, 0.15) is 5.82 Å². The number of fused-ring (bicyclic) bond motifs is 1. The van der Waals surface area contributed by atoms with Gasteiger partial charge in [-0.2, -0.15) is 0 Å². The zero-order chi connectivity index (χ0) is 17.9. The highest BCUT2D eigenvalue weighted by Crippen LogP contribution is 2.27. The number of nitrogens with zero attached hydrogens (tertiary/aromatic N) is 3. The summed E-state index contributed by atoms with van der Waals surface area (Å²) in [6.07, 6.45) is 1.87. The number of aromatic nitrogens is 1. The molecule has 0 saturated carbocycles. The molecule has 1 aliphatic heterocycles. The zero-order valence-electron chi connectivity index (χ0n) is 15.1. The smallest absolute Gasteiger partial charge is 0.153 e. The molecule has 0 atom stereocenters. The van der Waals surface area contributed by atoms with Crippen LogP contribution in [0, 0.1) is 0 Å². The van der Waals surface area contributed by atoms with E-state index in [4.69, 9.17) is 4.98 Å². The first-order valence-corrected chi connectivity index (χ1v) is 9.23. The van der Waals surface area contributed by atoms with Crippen LogP contribution in [0.4, 0.5) is 11.5 Å². The van der Waals surface area contributed by atoms with Crippen molar-refractivity contribution in [1.82, 2.24) is 4.98 Å². The van der Waals surface area contributed by atoms with Gasteiger partial charge in [-0.3, -0.25) is 4.79 Å². The van der Waals surface area contributed by atoms with Gasteiger partial charge in [0.05, 0.1) is 11.1 Å². The second-order valence-electron chi connectivity index (χ2n) is 6.67. The second-order valence-corrected chi connectivity index (χ2v) is 6.67. The summed E-state index contributed by atoms with van der Waals surface area (Å²) in [5.41, 5.74) is 4.17. The first kappa shape index (κ1) is 16.6. The third-order valence-electron chi connectivity index (χ3n) is 5.15. The molecule has 0 radical (unpaired) electrons. The Morgan fingerprint density at radius 2 is 1.69 bits per heavy atom. The van der Waals surface area contributed by atoms with Crippen LogP contribution >= 0.6 is 0 Å². The van der Waals surface area contributed by atoms with Gasteiger partial charge in [-0.15, -0.1) is 0 Å². The number of benzene rings is 2. The normalized spacial score (nSPS) is 14.7. The molecule has 1 fully saturated rings. The number of aryl methyl sites for hydroxylation is 1. The number of anilines is 2. The third kappa shape index (κ3) is 3.03. The van der Waals surface area contributed by atoms with Crippen LogP contribution in [-0.2, 0) is 6.42 Å². The van der Waals surface area contributed by atoms with E-state index in [1.165, 1.54) is 11.3 Å². The van der Waals surface area contributed by atoms with Gasteiger partial charge in [0.2, 0.25) is 0 Å². The van der Waals surface area contributed by atoms with Gasteiger partial charge in [0, 0.05) is 37.3 Å². The molecule has 0 bridgehead atoms. The lowest BCUT2D eigenvalue weighted by Gasteiger charge is -2.37. The molecular weight excluding hydrogens is 322 g/mol. The molecule has 1 aliphatic rings. The van der Waals surface area contributed by atoms with E-state index >= 15 is 0 Å². The maximum absolute atomic E-state index is 11.7. The maximum atomic E-state index is 11.7. The molecule has 0 N–H and O–H groups in total. The zero-order valence-corrected chi connectivity index (χ0v) is 15.1. The summed E-state index contributed by atoms with van der Waals surface area (Å²) in [4.78, 5) is 21.2. The first-order chi connectivity index (χ1) is 12.8. The summed E-state index contributed by atoms with van der Waals surface area (Å²) in [6, 6.07) is 18.7. The van der Waals surface area contributed by atoms with E-state index < -0.39 is 0 Å². The topological polar surface area (TPSA) is 36.4 Å². The number of aldehydes is 1. The SMILES string of the molecule is CCc1cccc2cc(C=O)c(N3CCN(c4ccccc4)CC3)nc12. The van der Waals surface area contributed by atoms with Gasteiger partial charge in [-0.25, -0.2) is 4.98 Å². The van der Waals surface area contributed by atoms with Gasteiger partial charge in [-0.1, -0.05) is 43.3 Å². The molecule has 3 aromatic rings. The molecule has 4 rings (SSSR count). The van der Waals surface area contributed by atoms with Crippen LogP contribution in [0.25, 0.3) is 10.9 Å². The lowest BCUT2D eigenvalue weighted by molar-refractivity contribution is 0.112. The fourth-order valence-corrected chi connectivity index (χ4v) is 3.71. The maximum Gasteiger partial charge on any atom is 0.153 e. The Labute approximate surface area is 154 Å². The van der Waals surface area contributed by atoms with Gasteiger partial charge in [0.25, 0.3) is 0 Å². The van der Waals surface area contributed by atoms with Crippen LogP contribution in [0.3, 0.4) is 0 Å². The first-order valence-electron chi connectivity index (χ1n) is 9.23. The Morgan fingerprint density at radius 3 is 2.38 bits per heavy atom. The second kappa shape index (κ2) is 7.16. The molecule has 0 unspecified atom stereocenters. The van der Waals surface area contributed by atoms with E-state index in [0.29, 0.717) is 5.56 Å². The monoisotopic (exact) mass is 345 g/mol. The predicted molar refractivity (Wildman–Crippen MR) is 107 cm³/mol. The van der Waals surface area contributed by atoms with Crippen molar-refractivity contribution in [2.45, 2.75) is 13.3 Å². The van der Waals surface area contributed by atoms with Crippen molar-refractivity contribution in [2.75, 3.05) is 36.0 Å². The van der Waals surface area contributed by atoms with Crippen LogP contribution < -0.4 is 9.80 Å². The fourth-order valence-electron chi connectivity index (χ4n) is 3.71. The third-order valence-corrected chi connectivity index (χ3v) is 5.15. The quantitative estimate of drug-likeness (QED) is 0.671. The lowest BCUT2D eigenvalue weighted by atomic mass is 10.1. The van der Waals surface area contributed by atoms with Crippen LogP contribution in [0.1, 0.15) is 22.8 Å². The van der Waals surface area contributed by atoms with Crippen molar-refractivity contribution < 1.29 is 4.79 Å². The number of pyridine rings is 1. The highest BCUT2D eigenvalue weighted by Gasteiger charge is 2.21. The van der Waals surface area contributed by atoms with Crippen molar-refractivity contribution in [3.05, 3.63) is 65.7 Å².